The molecule has 1 saturated carbocycles. The number of nitrogens with zero attached hydrogens (tertiary/aromatic N) is 1. The van der Waals surface area contributed by atoms with E-state index >= 15 is 0 Å². The second-order valence-corrected chi connectivity index (χ2v) is 5.43. The van der Waals surface area contributed by atoms with Crippen LogP contribution in [0.25, 0.3) is 11.3 Å². The molecule has 0 unspecified atom stereocenters. The summed E-state index contributed by atoms with van der Waals surface area (Å²) in [7, 11) is 0. The van der Waals surface area contributed by atoms with Crippen molar-refractivity contribution in [1.29, 1.82) is 0 Å². The third-order valence-electron chi connectivity index (χ3n) is 4.06. The summed E-state index contributed by atoms with van der Waals surface area (Å²) in [6.45, 7) is 0. The van der Waals surface area contributed by atoms with E-state index in [0.717, 1.165) is 17.2 Å². The fraction of sp³-hybridized carbons (Fsp3) is 0.438. The summed E-state index contributed by atoms with van der Waals surface area (Å²) in [4.78, 5) is 0. The van der Waals surface area contributed by atoms with Gasteiger partial charge in [-0.2, -0.15) is 0 Å². The Hall–Kier alpha value is -1.77. The van der Waals surface area contributed by atoms with E-state index < -0.39 is 0 Å². The molecule has 2 aromatic rings. The summed E-state index contributed by atoms with van der Waals surface area (Å²) in [5.74, 6) is 1.10. The van der Waals surface area contributed by atoms with Crippen LogP contribution in [0.15, 0.2) is 34.9 Å². The maximum atomic E-state index is 5.55. The number of nitrogen functional groups attached to an aromatic ring is 1. The van der Waals surface area contributed by atoms with Crippen molar-refractivity contribution in [3.05, 3.63) is 35.9 Å². The zero-order chi connectivity index (χ0) is 13.1. The van der Waals surface area contributed by atoms with Crippen LogP contribution in [0, 0.1) is 0 Å². The molecule has 1 fully saturated rings. The Morgan fingerprint density at radius 2 is 1.68 bits per heavy atom. The molecule has 1 aliphatic rings. The number of anilines is 1. The molecule has 0 bridgehead atoms. The van der Waals surface area contributed by atoms with E-state index in [0.29, 0.717) is 5.88 Å². The van der Waals surface area contributed by atoms with Gasteiger partial charge in [0.1, 0.15) is 5.69 Å². The van der Waals surface area contributed by atoms with Crippen LogP contribution in [-0.2, 0) is 0 Å². The highest BCUT2D eigenvalue weighted by Crippen LogP contribution is 2.32. The summed E-state index contributed by atoms with van der Waals surface area (Å²) >= 11 is 0. The van der Waals surface area contributed by atoms with Gasteiger partial charge >= 0.3 is 0 Å². The molecular weight excluding hydrogens is 236 g/mol. The minimum Gasteiger partial charge on any atom is -0.368 e. The van der Waals surface area contributed by atoms with Crippen molar-refractivity contribution in [3.8, 4) is 11.3 Å². The van der Waals surface area contributed by atoms with Crippen LogP contribution in [0.5, 0.6) is 0 Å². The molecule has 100 valence electrons. The van der Waals surface area contributed by atoms with Crippen LogP contribution in [0.3, 0.4) is 0 Å². The molecule has 3 heteroatoms. The first-order chi connectivity index (χ1) is 9.33. The standard InChI is InChI=1S/C16H20N2O/c17-16-11-15(18-19-16)14-9-7-13(8-10-14)12-5-3-1-2-4-6-12/h7-12H,1-6,17H2. The predicted molar refractivity (Wildman–Crippen MR) is 76.8 cm³/mol. The molecule has 1 aliphatic carbocycles. The Morgan fingerprint density at radius 1 is 1.00 bits per heavy atom. The van der Waals surface area contributed by atoms with Gasteiger partial charge in [0, 0.05) is 11.6 Å². The number of hydrogen-bond donors (Lipinski definition) is 1. The lowest BCUT2D eigenvalue weighted by molar-refractivity contribution is 0.439. The van der Waals surface area contributed by atoms with E-state index in [4.69, 9.17) is 10.3 Å². The number of aromatic nitrogens is 1. The zero-order valence-corrected chi connectivity index (χ0v) is 11.1. The number of benzene rings is 1. The van der Waals surface area contributed by atoms with Gasteiger partial charge in [-0.05, 0) is 24.3 Å². The molecule has 0 spiro atoms. The van der Waals surface area contributed by atoms with Gasteiger partial charge in [-0.25, -0.2) is 0 Å². The molecule has 3 rings (SSSR count). The molecule has 0 radical (unpaired) electrons. The van der Waals surface area contributed by atoms with Crippen molar-refractivity contribution >= 4 is 5.88 Å². The summed E-state index contributed by atoms with van der Waals surface area (Å²) in [5.41, 5.74) is 8.89. The lowest BCUT2D eigenvalue weighted by Gasteiger charge is -2.14. The number of hydrogen-bond acceptors (Lipinski definition) is 3. The third kappa shape index (κ3) is 2.80. The maximum absolute atomic E-state index is 5.55. The van der Waals surface area contributed by atoms with Crippen molar-refractivity contribution in [2.24, 2.45) is 0 Å². The second-order valence-electron chi connectivity index (χ2n) is 5.43. The molecule has 19 heavy (non-hydrogen) atoms. The highest BCUT2D eigenvalue weighted by molar-refractivity contribution is 5.61. The average molecular weight is 256 g/mol. The van der Waals surface area contributed by atoms with E-state index in [1.54, 1.807) is 6.07 Å². The largest absolute Gasteiger partial charge is 0.368 e. The average Bonchev–Trinajstić information content (AvgIpc) is 2.72. The number of nitrogens with two attached hydrogens (primary N) is 1. The Balaban J connectivity index is 1.78. The van der Waals surface area contributed by atoms with Crippen molar-refractivity contribution in [2.75, 3.05) is 5.73 Å². The van der Waals surface area contributed by atoms with Gasteiger partial charge in [0.25, 0.3) is 0 Å². The van der Waals surface area contributed by atoms with Crippen LogP contribution >= 0.6 is 0 Å². The van der Waals surface area contributed by atoms with Gasteiger partial charge in [0.2, 0.25) is 5.88 Å². The van der Waals surface area contributed by atoms with Gasteiger partial charge in [-0.3, -0.25) is 0 Å². The molecule has 1 aromatic carbocycles. The van der Waals surface area contributed by atoms with Crippen molar-refractivity contribution < 1.29 is 4.52 Å². The van der Waals surface area contributed by atoms with Gasteiger partial charge in [-0.1, -0.05) is 55.1 Å². The minimum absolute atomic E-state index is 0.364. The van der Waals surface area contributed by atoms with E-state index in [9.17, 15) is 0 Å². The van der Waals surface area contributed by atoms with Gasteiger partial charge in [0.15, 0.2) is 0 Å². The van der Waals surface area contributed by atoms with E-state index in [2.05, 4.69) is 29.4 Å². The van der Waals surface area contributed by atoms with Gasteiger partial charge in [-0.15, -0.1) is 0 Å². The molecule has 3 nitrogen and oxygen atoms in total. The van der Waals surface area contributed by atoms with Crippen LogP contribution in [0.2, 0.25) is 0 Å². The molecule has 0 aliphatic heterocycles. The topological polar surface area (TPSA) is 52.0 Å². The molecule has 1 aromatic heterocycles. The Morgan fingerprint density at radius 3 is 2.26 bits per heavy atom. The highest BCUT2D eigenvalue weighted by atomic mass is 16.5. The van der Waals surface area contributed by atoms with Crippen molar-refractivity contribution in [1.82, 2.24) is 5.16 Å². The molecule has 0 saturated heterocycles. The number of rotatable bonds is 2. The Bertz CT molecular complexity index is 522. The lowest BCUT2D eigenvalue weighted by Crippen LogP contribution is -1.96. The Labute approximate surface area is 113 Å². The first-order valence-corrected chi connectivity index (χ1v) is 7.15. The van der Waals surface area contributed by atoms with Crippen LogP contribution < -0.4 is 5.73 Å². The smallest absolute Gasteiger partial charge is 0.222 e. The van der Waals surface area contributed by atoms with Gasteiger partial charge < -0.3 is 10.3 Å². The second kappa shape index (κ2) is 5.47. The minimum atomic E-state index is 0.364. The van der Waals surface area contributed by atoms with E-state index in [-0.39, 0.29) is 0 Å². The van der Waals surface area contributed by atoms with E-state index in [1.165, 1.54) is 44.1 Å². The third-order valence-corrected chi connectivity index (χ3v) is 4.06. The first-order valence-electron chi connectivity index (χ1n) is 7.15. The van der Waals surface area contributed by atoms with Crippen molar-refractivity contribution in [2.45, 2.75) is 44.4 Å². The molecule has 0 atom stereocenters. The Kier molecular flexibility index (Phi) is 3.53. The summed E-state index contributed by atoms with van der Waals surface area (Å²) in [6.07, 6.45) is 8.19. The van der Waals surface area contributed by atoms with Crippen LogP contribution in [0.1, 0.15) is 50.0 Å². The highest BCUT2D eigenvalue weighted by Gasteiger charge is 2.14. The quantitative estimate of drug-likeness (QED) is 0.812. The van der Waals surface area contributed by atoms with Gasteiger partial charge in [0.05, 0.1) is 0 Å². The van der Waals surface area contributed by atoms with E-state index in [1.807, 2.05) is 0 Å². The maximum Gasteiger partial charge on any atom is 0.222 e. The zero-order valence-electron chi connectivity index (χ0n) is 11.1. The molecule has 0 amide bonds. The SMILES string of the molecule is Nc1cc(-c2ccc(C3CCCCCC3)cc2)no1. The fourth-order valence-corrected chi connectivity index (χ4v) is 2.96. The predicted octanol–water partition coefficient (Wildman–Crippen LogP) is 4.36. The summed E-state index contributed by atoms with van der Waals surface area (Å²) < 4.78 is 4.91. The fourth-order valence-electron chi connectivity index (χ4n) is 2.96. The van der Waals surface area contributed by atoms with Crippen molar-refractivity contribution in [3.63, 3.8) is 0 Å². The van der Waals surface area contributed by atoms with Crippen LogP contribution in [0.4, 0.5) is 5.88 Å². The monoisotopic (exact) mass is 256 g/mol. The molecular formula is C16H20N2O. The van der Waals surface area contributed by atoms with Crippen LogP contribution in [-0.4, -0.2) is 5.16 Å². The molecule has 1 heterocycles. The summed E-state index contributed by atoms with van der Waals surface area (Å²) in [5, 5.41) is 3.94. The lowest BCUT2D eigenvalue weighted by atomic mass is 9.91. The summed E-state index contributed by atoms with van der Waals surface area (Å²) in [6, 6.07) is 10.5. The molecule has 2 N–H and O–H groups in total. The first kappa shape index (κ1) is 12.3. The normalized spacial score (nSPS) is 17.3.